The Balaban J connectivity index is 2.26. The predicted molar refractivity (Wildman–Crippen MR) is 108 cm³/mol. The molecule has 0 fully saturated rings. The number of methoxy groups -OCH3 is 1. The lowest BCUT2D eigenvalue weighted by Gasteiger charge is -2.22. The number of nitro groups is 1. The van der Waals surface area contributed by atoms with Crippen molar-refractivity contribution in [2.45, 2.75) is 31.8 Å². The van der Waals surface area contributed by atoms with Gasteiger partial charge < -0.3 is 15.4 Å². The Labute approximate surface area is 177 Å². The number of esters is 1. The second kappa shape index (κ2) is 10.8. The van der Waals surface area contributed by atoms with Gasteiger partial charge in [-0.3, -0.25) is 19.7 Å². The number of para-hydroxylation sites is 1. The first kappa shape index (κ1) is 23.5. The number of halogens is 1. The standard InChI is InChI=1S/C21H22FN3O6/c1-13(26)23-17(11-14-7-3-5-9-16(14)22)20(27)24-18(21(28)31-2)12-15-8-4-6-10-19(15)25(29)30/h3-10,17-18H,11-12H2,1-2H3,(H,23,26)(H,24,27)/t17-,18+/m0/s1. The number of hydrogen-bond donors (Lipinski definition) is 2. The van der Waals surface area contributed by atoms with Gasteiger partial charge in [0.25, 0.3) is 5.69 Å². The number of ether oxygens (including phenoxy) is 1. The van der Waals surface area contributed by atoms with Crippen LogP contribution in [0.4, 0.5) is 10.1 Å². The van der Waals surface area contributed by atoms with E-state index >= 15 is 0 Å². The molecule has 0 aliphatic carbocycles. The van der Waals surface area contributed by atoms with Crippen LogP contribution >= 0.6 is 0 Å². The summed E-state index contributed by atoms with van der Waals surface area (Å²) in [5.41, 5.74) is 0.202. The molecule has 31 heavy (non-hydrogen) atoms. The molecule has 0 spiro atoms. The van der Waals surface area contributed by atoms with Crippen molar-refractivity contribution in [2.75, 3.05) is 7.11 Å². The lowest BCUT2D eigenvalue weighted by molar-refractivity contribution is -0.385. The number of nitrogens with zero attached hydrogens (tertiary/aromatic N) is 1. The highest BCUT2D eigenvalue weighted by Gasteiger charge is 2.29. The van der Waals surface area contributed by atoms with Gasteiger partial charge in [0.15, 0.2) is 0 Å². The summed E-state index contributed by atoms with van der Waals surface area (Å²) in [4.78, 5) is 47.3. The van der Waals surface area contributed by atoms with Crippen LogP contribution in [0.15, 0.2) is 48.5 Å². The molecule has 0 heterocycles. The van der Waals surface area contributed by atoms with Gasteiger partial charge in [-0.1, -0.05) is 36.4 Å². The third kappa shape index (κ3) is 6.59. The minimum absolute atomic E-state index is 0.155. The lowest BCUT2D eigenvalue weighted by atomic mass is 10.0. The molecule has 164 valence electrons. The molecular weight excluding hydrogens is 409 g/mol. The van der Waals surface area contributed by atoms with Crippen LogP contribution in [0.5, 0.6) is 0 Å². The smallest absolute Gasteiger partial charge is 0.328 e. The van der Waals surface area contributed by atoms with Gasteiger partial charge in [-0.05, 0) is 11.6 Å². The third-order valence-corrected chi connectivity index (χ3v) is 4.49. The van der Waals surface area contributed by atoms with Crippen molar-refractivity contribution in [1.29, 1.82) is 0 Å². The van der Waals surface area contributed by atoms with E-state index in [1.165, 1.54) is 43.3 Å². The van der Waals surface area contributed by atoms with Crippen LogP contribution in [0.3, 0.4) is 0 Å². The van der Waals surface area contributed by atoms with E-state index in [4.69, 9.17) is 4.74 Å². The number of nitrogens with one attached hydrogen (secondary N) is 2. The van der Waals surface area contributed by atoms with Crippen LogP contribution in [-0.4, -0.2) is 41.9 Å². The van der Waals surface area contributed by atoms with Gasteiger partial charge in [-0.25, -0.2) is 9.18 Å². The average molecular weight is 431 g/mol. The zero-order chi connectivity index (χ0) is 23.0. The average Bonchev–Trinajstić information content (AvgIpc) is 2.73. The van der Waals surface area contributed by atoms with Crippen LogP contribution in [0.25, 0.3) is 0 Å². The van der Waals surface area contributed by atoms with Gasteiger partial charge in [-0.15, -0.1) is 0 Å². The highest BCUT2D eigenvalue weighted by Crippen LogP contribution is 2.20. The van der Waals surface area contributed by atoms with Crippen molar-refractivity contribution >= 4 is 23.5 Å². The van der Waals surface area contributed by atoms with Crippen molar-refractivity contribution < 1.29 is 28.4 Å². The van der Waals surface area contributed by atoms with Gasteiger partial charge in [0.05, 0.1) is 12.0 Å². The molecule has 0 radical (unpaired) electrons. The molecule has 0 saturated carbocycles. The molecule has 9 nitrogen and oxygen atoms in total. The molecule has 0 aromatic heterocycles. The molecule has 2 N–H and O–H groups in total. The van der Waals surface area contributed by atoms with Crippen LogP contribution in [0, 0.1) is 15.9 Å². The molecule has 2 amide bonds. The fourth-order valence-corrected chi connectivity index (χ4v) is 3.03. The number of nitro benzene ring substituents is 1. The first-order valence-corrected chi connectivity index (χ1v) is 9.34. The van der Waals surface area contributed by atoms with E-state index in [0.29, 0.717) is 0 Å². The summed E-state index contributed by atoms with van der Waals surface area (Å²) < 4.78 is 18.7. The highest BCUT2D eigenvalue weighted by molar-refractivity contribution is 5.90. The number of benzene rings is 2. The highest BCUT2D eigenvalue weighted by atomic mass is 19.1. The van der Waals surface area contributed by atoms with Crippen LogP contribution < -0.4 is 10.6 Å². The maximum atomic E-state index is 14.0. The monoisotopic (exact) mass is 431 g/mol. The first-order valence-electron chi connectivity index (χ1n) is 9.34. The van der Waals surface area contributed by atoms with Gasteiger partial charge >= 0.3 is 5.97 Å². The second-order valence-corrected chi connectivity index (χ2v) is 6.72. The molecule has 2 aromatic rings. The summed E-state index contributed by atoms with van der Waals surface area (Å²) in [6.07, 6.45) is -0.362. The Morgan fingerprint density at radius 1 is 1.00 bits per heavy atom. The first-order chi connectivity index (χ1) is 14.7. The maximum Gasteiger partial charge on any atom is 0.328 e. The van der Waals surface area contributed by atoms with Crippen molar-refractivity contribution in [2.24, 2.45) is 0 Å². The minimum Gasteiger partial charge on any atom is -0.467 e. The number of rotatable bonds is 9. The van der Waals surface area contributed by atoms with Gasteiger partial charge in [-0.2, -0.15) is 0 Å². The Morgan fingerprint density at radius 2 is 1.58 bits per heavy atom. The van der Waals surface area contributed by atoms with E-state index in [2.05, 4.69) is 10.6 Å². The Bertz CT molecular complexity index is 981. The summed E-state index contributed by atoms with van der Waals surface area (Å²) in [6.45, 7) is 1.20. The van der Waals surface area contributed by atoms with E-state index < -0.39 is 40.6 Å². The number of hydrogen-bond acceptors (Lipinski definition) is 6. The van der Waals surface area contributed by atoms with Crippen LogP contribution in [-0.2, 0) is 32.0 Å². The normalized spacial score (nSPS) is 12.4. The Morgan fingerprint density at radius 3 is 2.16 bits per heavy atom. The SMILES string of the molecule is COC(=O)[C@@H](Cc1ccccc1[N+](=O)[O-])NC(=O)[C@H](Cc1ccccc1F)NC(C)=O. The van der Waals surface area contributed by atoms with Crippen molar-refractivity contribution in [3.8, 4) is 0 Å². The van der Waals surface area contributed by atoms with Crippen molar-refractivity contribution in [1.82, 2.24) is 10.6 Å². The number of carbonyl (C=O) groups excluding carboxylic acids is 3. The molecule has 0 aliphatic rings. The predicted octanol–water partition coefficient (Wildman–Crippen LogP) is 1.68. The lowest BCUT2D eigenvalue weighted by Crippen LogP contribution is -2.53. The molecule has 2 aromatic carbocycles. The summed E-state index contributed by atoms with van der Waals surface area (Å²) in [5, 5.41) is 16.1. The fourth-order valence-electron chi connectivity index (χ4n) is 3.03. The van der Waals surface area contributed by atoms with E-state index in [0.717, 1.165) is 7.11 Å². The number of amides is 2. The molecule has 2 atom stereocenters. The van der Waals surface area contributed by atoms with Crippen molar-refractivity contribution in [3.05, 3.63) is 75.6 Å². The van der Waals surface area contributed by atoms with E-state index in [-0.39, 0.29) is 29.7 Å². The molecule has 10 heteroatoms. The number of carbonyl (C=O) groups is 3. The van der Waals surface area contributed by atoms with Crippen molar-refractivity contribution in [3.63, 3.8) is 0 Å². The van der Waals surface area contributed by atoms with Gasteiger partial charge in [0.1, 0.15) is 17.9 Å². The molecule has 0 unspecified atom stereocenters. The molecule has 0 bridgehead atoms. The largest absolute Gasteiger partial charge is 0.467 e. The molecule has 0 aliphatic heterocycles. The quantitative estimate of drug-likeness (QED) is 0.353. The van der Waals surface area contributed by atoms with Crippen LogP contribution in [0.2, 0.25) is 0 Å². The molecule has 2 rings (SSSR count). The van der Waals surface area contributed by atoms with E-state index in [1.54, 1.807) is 12.1 Å². The molecular formula is C21H22FN3O6. The third-order valence-electron chi connectivity index (χ3n) is 4.49. The summed E-state index contributed by atoms with van der Waals surface area (Å²) in [7, 11) is 1.12. The Hall–Kier alpha value is -3.82. The summed E-state index contributed by atoms with van der Waals surface area (Å²) >= 11 is 0. The summed E-state index contributed by atoms with van der Waals surface area (Å²) in [6, 6.07) is 9.15. The fraction of sp³-hybridized carbons (Fsp3) is 0.286. The van der Waals surface area contributed by atoms with Crippen LogP contribution in [0.1, 0.15) is 18.1 Å². The van der Waals surface area contributed by atoms with E-state index in [9.17, 15) is 28.9 Å². The summed E-state index contributed by atoms with van der Waals surface area (Å²) in [5.74, 6) is -2.65. The van der Waals surface area contributed by atoms with E-state index in [1.807, 2.05) is 0 Å². The molecule has 0 saturated heterocycles. The van der Waals surface area contributed by atoms with Gasteiger partial charge in [0.2, 0.25) is 11.8 Å². The maximum absolute atomic E-state index is 14.0. The zero-order valence-electron chi connectivity index (χ0n) is 17.0. The second-order valence-electron chi connectivity index (χ2n) is 6.72. The van der Waals surface area contributed by atoms with Gasteiger partial charge in [0, 0.05) is 31.4 Å². The zero-order valence-corrected chi connectivity index (χ0v) is 17.0. The minimum atomic E-state index is -1.25. The topological polar surface area (TPSA) is 128 Å². The Kier molecular flexibility index (Phi) is 8.18.